The fraction of sp³-hybridized carbons (Fsp3) is 0.333. The van der Waals surface area contributed by atoms with Gasteiger partial charge in [-0.3, -0.25) is 4.79 Å². The Hall–Kier alpha value is -2.70. The number of rotatable bonds is 7. The molecule has 0 atom stereocenters. The lowest BCUT2D eigenvalue weighted by molar-refractivity contribution is -0.151. The maximum Gasteiger partial charge on any atom is 0.379 e. The molecule has 0 bridgehead atoms. The molecule has 22 heavy (non-hydrogen) atoms. The number of aliphatic hydroxyl groups is 1. The highest BCUT2D eigenvalue weighted by Crippen LogP contribution is 2.39. The van der Waals surface area contributed by atoms with Crippen molar-refractivity contribution in [3.63, 3.8) is 0 Å². The molecule has 0 aliphatic heterocycles. The summed E-state index contributed by atoms with van der Waals surface area (Å²) in [5, 5.41) is 9.99. The molecule has 1 aromatic rings. The number of methoxy groups -OCH3 is 3. The van der Waals surface area contributed by atoms with Crippen molar-refractivity contribution in [2.24, 2.45) is 0 Å². The maximum absolute atomic E-state index is 11.6. The molecule has 0 aliphatic rings. The Morgan fingerprint density at radius 2 is 1.64 bits per heavy atom. The van der Waals surface area contributed by atoms with Gasteiger partial charge in [-0.25, -0.2) is 4.79 Å². The second kappa shape index (κ2) is 7.92. The molecule has 0 spiro atoms. The number of aliphatic hydroxyl groups excluding tert-OH is 1. The van der Waals surface area contributed by atoms with Gasteiger partial charge in [0.05, 0.1) is 27.9 Å². The van der Waals surface area contributed by atoms with E-state index in [-0.39, 0.29) is 12.2 Å². The summed E-state index contributed by atoms with van der Waals surface area (Å²) in [6, 6.07) is 2.90. The number of carbonyl (C=O) groups excluding carboxylic acids is 2. The largest absolute Gasteiger partial charge is 0.507 e. The fourth-order valence-corrected chi connectivity index (χ4v) is 1.70. The van der Waals surface area contributed by atoms with Crippen LogP contribution in [0.3, 0.4) is 0 Å². The molecule has 0 radical (unpaired) electrons. The quantitative estimate of drug-likeness (QED) is 0.355. The Balaban J connectivity index is 3.20. The Morgan fingerprint density at radius 1 is 1.09 bits per heavy atom. The molecule has 1 aromatic carbocycles. The molecular formula is C15H18O7. The second-order valence-corrected chi connectivity index (χ2v) is 4.03. The highest BCUT2D eigenvalue weighted by molar-refractivity contribution is 6.39. The van der Waals surface area contributed by atoms with Gasteiger partial charge in [0.15, 0.2) is 11.5 Å². The lowest BCUT2D eigenvalue weighted by atomic mass is 10.1. The van der Waals surface area contributed by atoms with Gasteiger partial charge < -0.3 is 24.1 Å². The molecule has 1 rings (SSSR count). The monoisotopic (exact) mass is 310 g/mol. The molecule has 0 saturated carbocycles. The van der Waals surface area contributed by atoms with Crippen LogP contribution in [0.4, 0.5) is 0 Å². The van der Waals surface area contributed by atoms with Gasteiger partial charge in [-0.15, -0.1) is 0 Å². The summed E-state index contributed by atoms with van der Waals surface area (Å²) < 4.78 is 20.0. The summed E-state index contributed by atoms with van der Waals surface area (Å²) in [5.74, 6) is -1.47. The van der Waals surface area contributed by atoms with Crippen LogP contribution in [0.2, 0.25) is 0 Å². The van der Waals surface area contributed by atoms with Crippen LogP contribution >= 0.6 is 0 Å². The van der Waals surface area contributed by atoms with Crippen LogP contribution in [0.1, 0.15) is 12.5 Å². The van der Waals surface area contributed by atoms with Crippen LogP contribution in [0.15, 0.2) is 18.2 Å². The molecular weight excluding hydrogens is 292 g/mol. The summed E-state index contributed by atoms with van der Waals surface area (Å²) in [4.78, 5) is 22.8. The summed E-state index contributed by atoms with van der Waals surface area (Å²) >= 11 is 0. The van der Waals surface area contributed by atoms with E-state index >= 15 is 0 Å². The molecule has 0 amide bonds. The third kappa shape index (κ3) is 3.91. The van der Waals surface area contributed by atoms with Crippen molar-refractivity contribution < 1.29 is 33.6 Å². The first-order chi connectivity index (χ1) is 10.5. The Morgan fingerprint density at radius 3 is 2.05 bits per heavy atom. The first kappa shape index (κ1) is 17.4. The summed E-state index contributed by atoms with van der Waals surface area (Å²) in [5.41, 5.74) is 0.229. The van der Waals surface area contributed by atoms with E-state index in [1.165, 1.54) is 33.5 Å². The van der Waals surface area contributed by atoms with Gasteiger partial charge in [0.1, 0.15) is 5.76 Å². The third-order valence-corrected chi connectivity index (χ3v) is 2.70. The normalized spacial score (nSPS) is 10.8. The molecule has 0 aliphatic carbocycles. The molecule has 0 heterocycles. The predicted molar refractivity (Wildman–Crippen MR) is 78.3 cm³/mol. The van der Waals surface area contributed by atoms with Gasteiger partial charge >= 0.3 is 5.97 Å². The van der Waals surface area contributed by atoms with Gasteiger partial charge in [0.25, 0.3) is 5.78 Å². The van der Waals surface area contributed by atoms with Gasteiger partial charge in [-0.1, -0.05) is 0 Å². The number of benzene rings is 1. The number of ether oxygens (including phenoxy) is 4. The zero-order chi connectivity index (χ0) is 16.7. The second-order valence-electron chi connectivity index (χ2n) is 4.03. The average molecular weight is 310 g/mol. The van der Waals surface area contributed by atoms with Crippen molar-refractivity contribution in [3.05, 3.63) is 23.8 Å². The molecule has 0 aromatic heterocycles. The Bertz CT molecular complexity index is 565. The van der Waals surface area contributed by atoms with Crippen molar-refractivity contribution in [3.8, 4) is 17.2 Å². The van der Waals surface area contributed by atoms with E-state index in [0.29, 0.717) is 17.2 Å². The molecule has 1 N–H and O–H groups in total. The molecule has 0 fully saturated rings. The topological polar surface area (TPSA) is 91.3 Å². The summed E-state index contributed by atoms with van der Waals surface area (Å²) in [6.45, 7) is 1.65. The molecule has 7 heteroatoms. The van der Waals surface area contributed by atoms with E-state index < -0.39 is 17.5 Å². The molecule has 0 saturated heterocycles. The SMILES string of the molecule is CCOC(=O)C(=O)C=C(O)c1cc(OC)c(OC)c(OC)c1. The molecule has 120 valence electrons. The van der Waals surface area contributed by atoms with E-state index in [1.807, 2.05) is 0 Å². The number of hydrogen-bond donors (Lipinski definition) is 1. The first-order valence-corrected chi connectivity index (χ1v) is 6.40. The van der Waals surface area contributed by atoms with Crippen LogP contribution < -0.4 is 14.2 Å². The first-order valence-electron chi connectivity index (χ1n) is 6.40. The van der Waals surface area contributed by atoms with E-state index in [2.05, 4.69) is 4.74 Å². The zero-order valence-corrected chi connectivity index (χ0v) is 12.8. The van der Waals surface area contributed by atoms with Gasteiger partial charge in [-0.2, -0.15) is 0 Å². The minimum Gasteiger partial charge on any atom is -0.507 e. The van der Waals surface area contributed by atoms with Gasteiger partial charge in [0, 0.05) is 11.6 Å². The van der Waals surface area contributed by atoms with E-state index in [9.17, 15) is 14.7 Å². The van der Waals surface area contributed by atoms with Crippen LogP contribution in [-0.2, 0) is 14.3 Å². The van der Waals surface area contributed by atoms with E-state index in [4.69, 9.17) is 14.2 Å². The average Bonchev–Trinajstić information content (AvgIpc) is 2.53. The van der Waals surface area contributed by atoms with Crippen LogP contribution in [0, 0.1) is 0 Å². The number of hydrogen-bond acceptors (Lipinski definition) is 7. The molecule has 0 unspecified atom stereocenters. The third-order valence-electron chi connectivity index (χ3n) is 2.70. The lowest BCUT2D eigenvalue weighted by Crippen LogP contribution is -2.15. The molecule has 7 nitrogen and oxygen atoms in total. The van der Waals surface area contributed by atoms with Gasteiger partial charge in [-0.05, 0) is 19.1 Å². The Kier molecular flexibility index (Phi) is 6.25. The number of ketones is 1. The van der Waals surface area contributed by atoms with Crippen LogP contribution in [0.5, 0.6) is 17.2 Å². The van der Waals surface area contributed by atoms with Crippen LogP contribution in [-0.4, -0.2) is 44.8 Å². The zero-order valence-electron chi connectivity index (χ0n) is 12.8. The van der Waals surface area contributed by atoms with E-state index in [0.717, 1.165) is 6.08 Å². The maximum atomic E-state index is 11.6. The lowest BCUT2D eigenvalue weighted by Gasteiger charge is -2.13. The Labute approximate surface area is 128 Å². The fourth-order valence-electron chi connectivity index (χ4n) is 1.70. The van der Waals surface area contributed by atoms with Crippen molar-refractivity contribution in [2.75, 3.05) is 27.9 Å². The van der Waals surface area contributed by atoms with Crippen molar-refractivity contribution in [1.29, 1.82) is 0 Å². The standard InChI is InChI=1S/C15H18O7/c1-5-22-15(18)11(17)8-10(16)9-6-12(19-2)14(21-4)13(7-9)20-3/h6-8,16H,5H2,1-4H3. The number of esters is 1. The highest BCUT2D eigenvalue weighted by atomic mass is 16.5. The van der Waals surface area contributed by atoms with Crippen molar-refractivity contribution >= 4 is 17.5 Å². The van der Waals surface area contributed by atoms with Crippen molar-refractivity contribution in [2.45, 2.75) is 6.92 Å². The summed E-state index contributed by atoms with van der Waals surface area (Å²) in [7, 11) is 4.29. The number of carbonyl (C=O) groups is 2. The summed E-state index contributed by atoms with van der Waals surface area (Å²) in [6.07, 6.45) is 0.776. The van der Waals surface area contributed by atoms with Crippen molar-refractivity contribution in [1.82, 2.24) is 0 Å². The minimum absolute atomic E-state index is 0.0728. The van der Waals surface area contributed by atoms with Gasteiger partial charge in [0.2, 0.25) is 5.75 Å². The van der Waals surface area contributed by atoms with Crippen LogP contribution in [0.25, 0.3) is 5.76 Å². The smallest absolute Gasteiger partial charge is 0.379 e. The minimum atomic E-state index is -1.04. The predicted octanol–water partition coefficient (Wildman–Crippen LogP) is 1.74. The highest BCUT2D eigenvalue weighted by Gasteiger charge is 2.17. The van der Waals surface area contributed by atoms with E-state index in [1.54, 1.807) is 6.92 Å².